The first-order valence-corrected chi connectivity index (χ1v) is 13.0. The van der Waals surface area contributed by atoms with Crippen LogP contribution in [0.5, 0.6) is 0 Å². The molecule has 0 radical (unpaired) electrons. The quantitative estimate of drug-likeness (QED) is 0.565. The van der Waals surface area contributed by atoms with Crippen molar-refractivity contribution >= 4 is 23.3 Å². The molecule has 2 N–H and O–H groups in total. The fourth-order valence-electron chi connectivity index (χ4n) is 4.94. The number of anilines is 2. The number of carbonyl (C=O) groups excluding carboxylic acids is 2. The van der Waals surface area contributed by atoms with E-state index in [1.165, 1.54) is 11.3 Å². The van der Waals surface area contributed by atoms with Crippen molar-refractivity contribution in [2.24, 2.45) is 5.92 Å². The summed E-state index contributed by atoms with van der Waals surface area (Å²) in [6.45, 7) is 9.53. The maximum Gasteiger partial charge on any atom is 0.321 e. The molecule has 188 valence electrons. The van der Waals surface area contributed by atoms with E-state index < -0.39 is 0 Å². The number of urea groups is 1. The van der Waals surface area contributed by atoms with Crippen LogP contribution in [0.25, 0.3) is 0 Å². The molecule has 0 saturated carbocycles. The molecule has 2 aromatic rings. The summed E-state index contributed by atoms with van der Waals surface area (Å²) >= 11 is 0. The largest absolute Gasteiger partial charge is 0.369 e. The van der Waals surface area contributed by atoms with Crippen LogP contribution in [0.2, 0.25) is 0 Å². The van der Waals surface area contributed by atoms with E-state index in [4.69, 9.17) is 0 Å². The highest BCUT2D eigenvalue weighted by atomic mass is 16.2. The van der Waals surface area contributed by atoms with Gasteiger partial charge < -0.3 is 20.4 Å². The lowest BCUT2D eigenvalue weighted by atomic mass is 9.96. The molecule has 4 rings (SSSR count). The lowest BCUT2D eigenvalue weighted by Crippen LogP contribution is -2.46. The first-order valence-electron chi connectivity index (χ1n) is 13.0. The Morgan fingerprint density at radius 1 is 0.886 bits per heavy atom. The number of para-hydroxylation sites is 1. The standard InChI is InChI=1S/C28H39N5O2/c1-23-8-7-11-26(22-23)32-20-18-31(19-21-32)15-6-5-14-29-27(34)24-12-16-33(17-13-24)28(35)30-25-9-3-2-4-10-25/h2-4,7-11,22,24H,5-6,12-21H2,1H3,(H,29,34)(H,30,35). The van der Waals surface area contributed by atoms with Gasteiger partial charge in [-0.1, -0.05) is 30.3 Å². The summed E-state index contributed by atoms with van der Waals surface area (Å²) in [4.78, 5) is 31.8. The zero-order valence-corrected chi connectivity index (χ0v) is 20.9. The molecule has 0 aromatic heterocycles. The fourth-order valence-corrected chi connectivity index (χ4v) is 4.94. The maximum atomic E-state index is 12.6. The molecule has 0 spiro atoms. The van der Waals surface area contributed by atoms with Gasteiger partial charge in [-0.3, -0.25) is 9.69 Å². The molecule has 2 heterocycles. The summed E-state index contributed by atoms with van der Waals surface area (Å²) in [7, 11) is 0. The van der Waals surface area contributed by atoms with Gasteiger partial charge in [0.05, 0.1) is 0 Å². The smallest absolute Gasteiger partial charge is 0.321 e. The van der Waals surface area contributed by atoms with Crippen molar-refractivity contribution in [3.63, 3.8) is 0 Å². The number of aryl methyl sites for hydroxylation is 1. The zero-order valence-electron chi connectivity index (χ0n) is 20.9. The Kier molecular flexibility index (Phi) is 9.01. The van der Waals surface area contributed by atoms with Crippen LogP contribution in [0.4, 0.5) is 16.2 Å². The minimum atomic E-state index is -0.0882. The van der Waals surface area contributed by atoms with E-state index in [1.54, 1.807) is 4.90 Å². The Morgan fingerprint density at radius 3 is 2.34 bits per heavy atom. The van der Waals surface area contributed by atoms with Crippen molar-refractivity contribution in [2.45, 2.75) is 32.6 Å². The van der Waals surface area contributed by atoms with Crippen LogP contribution < -0.4 is 15.5 Å². The predicted octanol–water partition coefficient (Wildman–Crippen LogP) is 3.96. The van der Waals surface area contributed by atoms with Crippen molar-refractivity contribution < 1.29 is 9.59 Å². The summed E-state index contributed by atoms with van der Waals surface area (Å²) in [6.07, 6.45) is 3.55. The Labute approximate surface area is 209 Å². The molecule has 7 nitrogen and oxygen atoms in total. The Hall–Kier alpha value is -3.06. The van der Waals surface area contributed by atoms with Crippen LogP contribution in [0.3, 0.4) is 0 Å². The zero-order chi connectivity index (χ0) is 24.5. The number of carbonyl (C=O) groups is 2. The summed E-state index contributed by atoms with van der Waals surface area (Å²) < 4.78 is 0. The molecular weight excluding hydrogens is 438 g/mol. The van der Waals surface area contributed by atoms with Gasteiger partial charge in [-0.05, 0) is 69.0 Å². The lowest BCUT2D eigenvalue weighted by molar-refractivity contribution is -0.126. The first-order chi connectivity index (χ1) is 17.1. The van der Waals surface area contributed by atoms with Crippen LogP contribution in [0.15, 0.2) is 54.6 Å². The second kappa shape index (κ2) is 12.6. The number of hydrogen-bond acceptors (Lipinski definition) is 4. The Balaban J connectivity index is 1.06. The minimum Gasteiger partial charge on any atom is -0.369 e. The third-order valence-electron chi connectivity index (χ3n) is 7.12. The van der Waals surface area contributed by atoms with Crippen LogP contribution in [-0.2, 0) is 4.79 Å². The van der Waals surface area contributed by atoms with E-state index in [2.05, 4.69) is 51.6 Å². The molecule has 0 aliphatic carbocycles. The number of unbranched alkanes of at least 4 members (excludes halogenated alkanes) is 1. The molecule has 0 atom stereocenters. The summed E-state index contributed by atoms with van der Waals surface area (Å²) in [5.41, 5.74) is 3.44. The number of rotatable bonds is 8. The monoisotopic (exact) mass is 477 g/mol. The molecule has 2 aromatic carbocycles. The van der Waals surface area contributed by atoms with Gasteiger partial charge in [0.15, 0.2) is 0 Å². The Morgan fingerprint density at radius 2 is 1.63 bits per heavy atom. The molecule has 0 bridgehead atoms. The number of amides is 3. The van der Waals surface area contributed by atoms with Crippen LogP contribution in [0, 0.1) is 12.8 Å². The van der Waals surface area contributed by atoms with Gasteiger partial charge in [0, 0.05) is 63.1 Å². The summed E-state index contributed by atoms with van der Waals surface area (Å²) in [6, 6.07) is 18.1. The van der Waals surface area contributed by atoms with Gasteiger partial charge >= 0.3 is 6.03 Å². The highest BCUT2D eigenvalue weighted by Crippen LogP contribution is 2.19. The Bertz CT molecular complexity index is 951. The highest BCUT2D eigenvalue weighted by Gasteiger charge is 2.27. The SMILES string of the molecule is Cc1cccc(N2CCN(CCCCNC(=O)C3CCN(C(=O)Nc4ccccc4)CC3)CC2)c1. The summed E-state index contributed by atoms with van der Waals surface area (Å²) in [5.74, 6) is 0.144. The molecule has 2 fully saturated rings. The molecular formula is C28H39N5O2. The van der Waals surface area contributed by atoms with Gasteiger partial charge in [0.2, 0.25) is 5.91 Å². The maximum absolute atomic E-state index is 12.6. The third-order valence-corrected chi connectivity index (χ3v) is 7.12. The van der Waals surface area contributed by atoms with Gasteiger partial charge in [-0.15, -0.1) is 0 Å². The van der Waals surface area contributed by atoms with Crippen molar-refractivity contribution in [2.75, 3.05) is 62.6 Å². The topological polar surface area (TPSA) is 67.9 Å². The van der Waals surface area contributed by atoms with Crippen LogP contribution in [0.1, 0.15) is 31.2 Å². The lowest BCUT2D eigenvalue weighted by Gasteiger charge is -2.36. The third kappa shape index (κ3) is 7.46. The second-order valence-electron chi connectivity index (χ2n) is 9.72. The van der Waals surface area contributed by atoms with Crippen molar-refractivity contribution in [3.05, 3.63) is 60.2 Å². The van der Waals surface area contributed by atoms with Crippen LogP contribution >= 0.6 is 0 Å². The van der Waals surface area contributed by atoms with Crippen molar-refractivity contribution in [1.29, 1.82) is 0 Å². The molecule has 0 unspecified atom stereocenters. The van der Waals surface area contributed by atoms with E-state index >= 15 is 0 Å². The molecule has 35 heavy (non-hydrogen) atoms. The van der Waals surface area contributed by atoms with Gasteiger partial charge in [-0.25, -0.2) is 4.79 Å². The number of nitrogens with one attached hydrogen (secondary N) is 2. The van der Waals surface area contributed by atoms with E-state index in [0.717, 1.165) is 70.6 Å². The van der Waals surface area contributed by atoms with E-state index in [1.807, 2.05) is 30.3 Å². The average Bonchev–Trinajstić information content (AvgIpc) is 2.89. The van der Waals surface area contributed by atoms with Crippen molar-refractivity contribution in [3.8, 4) is 0 Å². The number of piperazine rings is 1. The normalized spacial score (nSPS) is 17.3. The molecule has 3 amide bonds. The van der Waals surface area contributed by atoms with Crippen LogP contribution in [-0.4, -0.2) is 74.1 Å². The van der Waals surface area contributed by atoms with Crippen molar-refractivity contribution in [1.82, 2.24) is 15.1 Å². The number of nitrogens with zero attached hydrogens (tertiary/aromatic N) is 3. The second-order valence-corrected chi connectivity index (χ2v) is 9.72. The first kappa shape index (κ1) is 25.0. The highest BCUT2D eigenvalue weighted by molar-refractivity contribution is 5.89. The van der Waals surface area contributed by atoms with Gasteiger partial charge in [-0.2, -0.15) is 0 Å². The number of piperidine rings is 1. The number of hydrogen-bond donors (Lipinski definition) is 2. The molecule has 7 heteroatoms. The minimum absolute atomic E-state index is 0.00507. The predicted molar refractivity (Wildman–Crippen MR) is 142 cm³/mol. The average molecular weight is 478 g/mol. The molecule has 2 saturated heterocycles. The van der Waals surface area contributed by atoms with E-state index in [-0.39, 0.29) is 17.9 Å². The van der Waals surface area contributed by atoms with Gasteiger partial charge in [0.25, 0.3) is 0 Å². The summed E-state index contributed by atoms with van der Waals surface area (Å²) in [5, 5.41) is 6.05. The van der Waals surface area contributed by atoms with E-state index in [0.29, 0.717) is 13.1 Å². The fraction of sp³-hybridized carbons (Fsp3) is 0.500. The number of benzene rings is 2. The van der Waals surface area contributed by atoms with E-state index in [9.17, 15) is 9.59 Å². The number of likely N-dealkylation sites (tertiary alicyclic amines) is 1. The molecule has 2 aliphatic heterocycles. The molecule has 2 aliphatic rings. The van der Waals surface area contributed by atoms with Gasteiger partial charge in [0.1, 0.15) is 0 Å².